The Kier molecular flexibility index (Phi) is 8.05. The molecule has 2 N–H and O–H groups in total. The van der Waals surface area contributed by atoms with E-state index in [4.69, 9.17) is 4.74 Å². The highest BCUT2D eigenvalue weighted by Gasteiger charge is 2.20. The second-order valence-electron chi connectivity index (χ2n) is 8.69. The van der Waals surface area contributed by atoms with Crippen LogP contribution < -0.4 is 10.2 Å². The Morgan fingerprint density at radius 1 is 0.949 bits per heavy atom. The van der Waals surface area contributed by atoms with E-state index in [0.29, 0.717) is 21.3 Å². The van der Waals surface area contributed by atoms with Crippen molar-refractivity contribution in [3.63, 3.8) is 0 Å². The number of rotatable bonds is 7. The third-order valence-electron chi connectivity index (χ3n) is 6.20. The normalized spacial score (nSPS) is 11.2. The van der Waals surface area contributed by atoms with Gasteiger partial charge in [-0.1, -0.05) is 89.6 Å². The summed E-state index contributed by atoms with van der Waals surface area (Å²) in [6.07, 6.45) is 2.27. The lowest BCUT2D eigenvalue weighted by molar-refractivity contribution is 0.0733. The van der Waals surface area contributed by atoms with Crippen LogP contribution >= 0.6 is 31.9 Å². The van der Waals surface area contributed by atoms with E-state index in [1.54, 1.807) is 36.4 Å². The van der Waals surface area contributed by atoms with Crippen LogP contribution in [0.3, 0.4) is 0 Å². The number of aromatic nitrogens is 1. The van der Waals surface area contributed by atoms with Crippen molar-refractivity contribution < 1.29 is 14.3 Å². The number of hydrogen-bond acceptors (Lipinski definition) is 4. The zero-order valence-corrected chi connectivity index (χ0v) is 24.0. The molecule has 8 heteroatoms. The molecule has 1 aromatic heterocycles. The summed E-state index contributed by atoms with van der Waals surface area (Å²) in [5.41, 5.74) is 7.76. The lowest BCUT2D eigenvalue weighted by Crippen LogP contribution is -2.19. The van der Waals surface area contributed by atoms with Gasteiger partial charge in [-0.2, -0.15) is 5.10 Å². The maximum absolute atomic E-state index is 13.4. The quantitative estimate of drug-likeness (QED) is 0.0817. The predicted octanol–water partition coefficient (Wildman–Crippen LogP) is 7.91. The highest BCUT2D eigenvalue weighted by atomic mass is 79.9. The van der Waals surface area contributed by atoms with Crippen molar-refractivity contribution in [1.29, 1.82) is 0 Å². The van der Waals surface area contributed by atoms with Crippen molar-refractivity contribution >= 4 is 60.9 Å². The molecule has 0 aliphatic rings. The summed E-state index contributed by atoms with van der Waals surface area (Å²) in [6.45, 7) is 2.08. The second-order valence-corrected chi connectivity index (χ2v) is 10.5. The number of ether oxygens (including phenoxy) is 1. The summed E-state index contributed by atoms with van der Waals surface area (Å²) in [4.78, 5) is 29.5. The van der Waals surface area contributed by atoms with Gasteiger partial charge in [0.25, 0.3) is 5.91 Å². The molecule has 0 saturated heterocycles. The molecule has 0 bridgehead atoms. The zero-order valence-electron chi connectivity index (χ0n) is 20.9. The third kappa shape index (κ3) is 5.72. The van der Waals surface area contributed by atoms with Crippen LogP contribution in [0, 0.1) is 0 Å². The fraction of sp³-hybridized carbons (Fsp3) is 0.0645. The van der Waals surface area contributed by atoms with Gasteiger partial charge >= 0.3 is 5.97 Å². The molecule has 0 fully saturated rings. The number of aromatic amines is 1. The van der Waals surface area contributed by atoms with Gasteiger partial charge in [-0.3, -0.25) is 4.79 Å². The van der Waals surface area contributed by atoms with Crippen LogP contribution in [0.15, 0.2) is 105 Å². The molecule has 194 valence electrons. The zero-order chi connectivity index (χ0) is 27.4. The van der Waals surface area contributed by atoms with Crippen LogP contribution in [0.1, 0.15) is 38.9 Å². The predicted molar refractivity (Wildman–Crippen MR) is 161 cm³/mol. The molecule has 4 aromatic carbocycles. The largest absolute Gasteiger partial charge is 0.421 e. The van der Waals surface area contributed by atoms with Crippen LogP contribution in [0.4, 0.5) is 0 Å². The number of carbonyl (C=O) groups is 2. The monoisotopic (exact) mass is 643 g/mol. The summed E-state index contributed by atoms with van der Waals surface area (Å²) in [7, 11) is 0. The van der Waals surface area contributed by atoms with Gasteiger partial charge in [0.05, 0.1) is 16.3 Å². The number of nitrogens with zero attached hydrogens (tertiary/aromatic N) is 1. The number of fused-ring (bicyclic) bond motifs is 1. The Morgan fingerprint density at radius 2 is 1.67 bits per heavy atom. The van der Waals surface area contributed by atoms with Crippen LogP contribution in [0.25, 0.3) is 22.0 Å². The number of nitrogens with one attached hydrogen (secondary N) is 2. The SMILES string of the molecule is CCc1cccc2c(-c3ccccc3)c(C(=O)NN=Cc3cc(Br)cc(Br)c3OC(=O)c3ccccc3)[nH]c12. The molecular formula is C31H23Br2N3O3. The smallest absolute Gasteiger partial charge is 0.343 e. The van der Waals surface area contributed by atoms with Gasteiger partial charge in [0.2, 0.25) is 0 Å². The summed E-state index contributed by atoms with van der Waals surface area (Å²) in [5.74, 6) is -0.608. The van der Waals surface area contributed by atoms with E-state index in [0.717, 1.165) is 38.5 Å². The molecule has 0 unspecified atom stereocenters. The fourth-order valence-electron chi connectivity index (χ4n) is 4.37. The van der Waals surface area contributed by atoms with Crippen molar-refractivity contribution in [1.82, 2.24) is 10.4 Å². The molecular weight excluding hydrogens is 622 g/mol. The number of amides is 1. The number of aryl methyl sites for hydroxylation is 1. The van der Waals surface area contributed by atoms with Crippen molar-refractivity contribution in [3.8, 4) is 16.9 Å². The number of para-hydroxylation sites is 1. The lowest BCUT2D eigenvalue weighted by Gasteiger charge is -2.10. The van der Waals surface area contributed by atoms with Gasteiger partial charge < -0.3 is 9.72 Å². The van der Waals surface area contributed by atoms with Gasteiger partial charge in [-0.15, -0.1) is 0 Å². The standard InChI is InChI=1S/C31H23Br2N3O3/c1-2-19-14-9-15-24-26(20-10-5-3-6-11-20)28(35-27(19)24)30(37)36-34-18-22-16-23(32)17-25(33)29(22)39-31(38)21-12-7-4-8-13-21/h3-18,35H,2H2,1H3,(H,36,37). The average molecular weight is 645 g/mol. The van der Waals surface area contributed by atoms with Crippen LogP contribution in [0.5, 0.6) is 5.75 Å². The Bertz CT molecular complexity index is 1700. The first-order valence-corrected chi connectivity index (χ1v) is 13.8. The molecule has 0 atom stereocenters. The highest BCUT2D eigenvalue weighted by Crippen LogP contribution is 2.35. The van der Waals surface area contributed by atoms with E-state index < -0.39 is 5.97 Å². The minimum absolute atomic E-state index is 0.285. The first kappa shape index (κ1) is 26.6. The Morgan fingerprint density at radius 3 is 2.38 bits per heavy atom. The fourth-order valence-corrected chi connectivity index (χ4v) is 5.71. The third-order valence-corrected chi connectivity index (χ3v) is 7.25. The van der Waals surface area contributed by atoms with Crippen molar-refractivity contribution in [2.45, 2.75) is 13.3 Å². The minimum atomic E-state index is -0.505. The maximum Gasteiger partial charge on any atom is 0.343 e. The number of H-pyrrole nitrogens is 1. The number of hydrazone groups is 1. The molecule has 0 aliphatic heterocycles. The van der Waals surface area contributed by atoms with E-state index in [-0.39, 0.29) is 11.7 Å². The summed E-state index contributed by atoms with van der Waals surface area (Å²) < 4.78 is 6.99. The average Bonchev–Trinajstić information content (AvgIpc) is 3.35. The molecule has 5 aromatic rings. The molecule has 5 rings (SSSR count). The molecule has 0 radical (unpaired) electrons. The molecule has 0 saturated carbocycles. The molecule has 6 nitrogen and oxygen atoms in total. The van der Waals surface area contributed by atoms with Gasteiger partial charge in [0.1, 0.15) is 5.69 Å². The van der Waals surface area contributed by atoms with E-state index in [2.05, 4.69) is 60.4 Å². The summed E-state index contributed by atoms with van der Waals surface area (Å²) in [5, 5.41) is 5.18. The summed E-state index contributed by atoms with van der Waals surface area (Å²) in [6, 6.07) is 28.1. The Balaban J connectivity index is 1.46. The number of hydrogen-bond donors (Lipinski definition) is 2. The van der Waals surface area contributed by atoms with Gasteiger partial charge in [0, 0.05) is 26.5 Å². The van der Waals surface area contributed by atoms with E-state index in [9.17, 15) is 9.59 Å². The first-order chi connectivity index (χ1) is 19.0. The second kappa shape index (κ2) is 11.8. The van der Waals surface area contributed by atoms with E-state index in [1.165, 1.54) is 6.21 Å². The van der Waals surface area contributed by atoms with E-state index >= 15 is 0 Å². The molecule has 1 amide bonds. The first-order valence-electron chi connectivity index (χ1n) is 12.2. The van der Waals surface area contributed by atoms with Crippen LogP contribution in [0.2, 0.25) is 0 Å². The lowest BCUT2D eigenvalue weighted by atomic mass is 10.00. The molecule has 0 aliphatic carbocycles. The Labute approximate surface area is 242 Å². The minimum Gasteiger partial charge on any atom is -0.421 e. The Hall–Kier alpha value is -4.01. The van der Waals surface area contributed by atoms with Crippen molar-refractivity contribution in [3.05, 3.63) is 122 Å². The summed E-state index contributed by atoms with van der Waals surface area (Å²) >= 11 is 6.92. The van der Waals surface area contributed by atoms with Gasteiger partial charge in [-0.05, 0) is 57.7 Å². The van der Waals surface area contributed by atoms with Gasteiger partial charge in [-0.25, -0.2) is 10.2 Å². The van der Waals surface area contributed by atoms with Crippen molar-refractivity contribution in [2.75, 3.05) is 0 Å². The highest BCUT2D eigenvalue weighted by molar-refractivity contribution is 9.11. The number of halogens is 2. The topological polar surface area (TPSA) is 83.5 Å². The molecule has 0 spiro atoms. The number of benzene rings is 4. The maximum atomic E-state index is 13.4. The number of esters is 1. The van der Waals surface area contributed by atoms with Crippen LogP contribution in [-0.2, 0) is 6.42 Å². The molecule has 39 heavy (non-hydrogen) atoms. The molecule has 1 heterocycles. The van der Waals surface area contributed by atoms with E-state index in [1.807, 2.05) is 48.5 Å². The van der Waals surface area contributed by atoms with Gasteiger partial charge in [0.15, 0.2) is 5.75 Å². The number of carbonyl (C=O) groups excluding carboxylic acids is 2. The van der Waals surface area contributed by atoms with Crippen molar-refractivity contribution in [2.24, 2.45) is 5.10 Å². The van der Waals surface area contributed by atoms with Crippen LogP contribution in [-0.4, -0.2) is 23.1 Å².